The van der Waals surface area contributed by atoms with Crippen molar-refractivity contribution in [3.05, 3.63) is 15.6 Å². The topological polar surface area (TPSA) is 34.4 Å². The van der Waals surface area contributed by atoms with Gasteiger partial charge in [0.1, 0.15) is 0 Å². The van der Waals surface area contributed by atoms with Crippen molar-refractivity contribution in [3.63, 3.8) is 0 Å². The van der Waals surface area contributed by atoms with Gasteiger partial charge in [-0.2, -0.15) is 0 Å². The summed E-state index contributed by atoms with van der Waals surface area (Å²) in [7, 11) is 0. The summed E-state index contributed by atoms with van der Waals surface area (Å²) in [5.41, 5.74) is 1.21. The Bertz CT molecular complexity index is 237. The van der Waals surface area contributed by atoms with Crippen molar-refractivity contribution in [2.45, 2.75) is 26.7 Å². The first-order valence-corrected chi connectivity index (χ1v) is 4.71. The van der Waals surface area contributed by atoms with Gasteiger partial charge in [0.25, 0.3) is 0 Å². The number of hydrogen-bond acceptors (Lipinski definition) is 2. The first-order valence-electron chi connectivity index (χ1n) is 3.89. The summed E-state index contributed by atoms with van der Waals surface area (Å²) in [4.78, 5) is 4.57. The second-order valence-corrected chi connectivity index (χ2v) is 3.72. The van der Waals surface area contributed by atoms with Gasteiger partial charge in [0.2, 0.25) is 5.01 Å². The standard InChI is InChI=1S/C8H13NOS.BrH/c1-3-8-9-6(2)7(11-8)4-5-10;/h10H,3-5H2,1-2H3;1H. The van der Waals surface area contributed by atoms with Crippen molar-refractivity contribution in [1.29, 1.82) is 0 Å². The lowest BCUT2D eigenvalue weighted by Gasteiger charge is -1.86. The zero-order chi connectivity index (χ0) is 8.27. The van der Waals surface area contributed by atoms with Gasteiger partial charge in [-0.3, -0.25) is 0 Å². The van der Waals surface area contributed by atoms with E-state index in [1.165, 1.54) is 15.6 Å². The number of aliphatic hydroxyl groups is 1. The smallest absolute Gasteiger partial charge is 0.235 e. The predicted molar refractivity (Wildman–Crippen MR) is 45.8 cm³/mol. The molecule has 0 aliphatic carbocycles. The SMILES string of the molecule is CCc1[nH+]c(C)c(CCO)s1.[Br-]. The minimum atomic E-state index is 0. The normalized spacial score (nSPS) is 9.58. The van der Waals surface area contributed by atoms with Crippen LogP contribution in [-0.2, 0) is 12.8 Å². The molecule has 1 heterocycles. The molecule has 2 N–H and O–H groups in total. The molecule has 0 spiro atoms. The summed E-state index contributed by atoms with van der Waals surface area (Å²) in [6.45, 7) is 4.43. The van der Waals surface area contributed by atoms with Gasteiger partial charge in [0.15, 0.2) is 5.69 Å². The molecular formula is C8H14BrNOS. The Hall–Kier alpha value is 0.0700. The molecule has 0 radical (unpaired) electrons. The molecule has 0 aliphatic heterocycles. The molecule has 1 aromatic heterocycles. The lowest BCUT2D eigenvalue weighted by atomic mass is 10.3. The van der Waals surface area contributed by atoms with E-state index in [2.05, 4.69) is 18.8 Å². The largest absolute Gasteiger partial charge is 1.00 e. The fourth-order valence-electron chi connectivity index (χ4n) is 1.03. The molecule has 0 amide bonds. The molecule has 1 rings (SSSR count). The van der Waals surface area contributed by atoms with Crippen LogP contribution < -0.4 is 22.0 Å². The Morgan fingerprint density at radius 3 is 2.58 bits per heavy atom. The Morgan fingerprint density at radius 1 is 1.50 bits per heavy atom. The highest BCUT2D eigenvalue weighted by Gasteiger charge is 2.11. The summed E-state index contributed by atoms with van der Waals surface area (Å²) in [6.07, 6.45) is 1.84. The highest BCUT2D eigenvalue weighted by molar-refractivity contribution is 7.11. The molecule has 0 aromatic carbocycles. The summed E-state index contributed by atoms with van der Waals surface area (Å²) >= 11 is 1.77. The van der Waals surface area contributed by atoms with Crippen LogP contribution in [0.2, 0.25) is 0 Å². The minimum Gasteiger partial charge on any atom is -1.00 e. The Labute approximate surface area is 87.4 Å². The zero-order valence-electron chi connectivity index (χ0n) is 7.35. The third-order valence-corrected chi connectivity index (χ3v) is 3.05. The van der Waals surface area contributed by atoms with Gasteiger partial charge in [-0.15, -0.1) is 0 Å². The molecular weight excluding hydrogens is 238 g/mol. The van der Waals surface area contributed by atoms with Crippen LogP contribution in [0.25, 0.3) is 0 Å². The Morgan fingerprint density at radius 2 is 2.17 bits per heavy atom. The van der Waals surface area contributed by atoms with Crippen molar-refractivity contribution in [2.75, 3.05) is 6.61 Å². The number of halogens is 1. The van der Waals surface area contributed by atoms with E-state index in [4.69, 9.17) is 5.11 Å². The van der Waals surface area contributed by atoms with Gasteiger partial charge in [0, 0.05) is 26.4 Å². The van der Waals surface area contributed by atoms with E-state index >= 15 is 0 Å². The molecule has 2 nitrogen and oxygen atoms in total. The number of H-pyrrole nitrogens is 1. The number of nitrogens with one attached hydrogen (secondary N) is 1. The summed E-state index contributed by atoms with van der Waals surface area (Å²) in [5.74, 6) is 0. The molecule has 12 heavy (non-hydrogen) atoms. The second-order valence-electron chi connectivity index (χ2n) is 2.53. The average Bonchev–Trinajstić information content (AvgIpc) is 2.33. The van der Waals surface area contributed by atoms with E-state index in [9.17, 15) is 0 Å². The van der Waals surface area contributed by atoms with Crippen molar-refractivity contribution >= 4 is 11.3 Å². The molecule has 0 saturated carbocycles. The van der Waals surface area contributed by atoms with E-state index in [-0.39, 0.29) is 23.6 Å². The van der Waals surface area contributed by atoms with E-state index < -0.39 is 0 Å². The lowest BCUT2D eigenvalue weighted by molar-refractivity contribution is -0.391. The fourth-order valence-corrected chi connectivity index (χ4v) is 2.07. The van der Waals surface area contributed by atoms with Gasteiger partial charge in [-0.25, -0.2) is 4.98 Å². The van der Waals surface area contributed by atoms with E-state index in [0.29, 0.717) is 0 Å². The van der Waals surface area contributed by atoms with E-state index in [1.807, 2.05) is 0 Å². The number of aliphatic hydroxyl groups excluding tert-OH is 1. The first-order chi connectivity index (χ1) is 5.27. The summed E-state index contributed by atoms with van der Waals surface area (Å²) in [6, 6.07) is 0. The molecule has 0 atom stereocenters. The number of hydrogen-bond donors (Lipinski definition) is 1. The second kappa shape index (κ2) is 5.67. The van der Waals surface area contributed by atoms with Crippen molar-refractivity contribution in [2.24, 2.45) is 0 Å². The number of aromatic nitrogens is 1. The number of thiazole rings is 1. The molecule has 0 saturated heterocycles. The quantitative estimate of drug-likeness (QED) is 0.661. The molecule has 0 bridgehead atoms. The van der Waals surface area contributed by atoms with Gasteiger partial charge in [0.05, 0.1) is 4.88 Å². The highest BCUT2D eigenvalue weighted by Crippen LogP contribution is 2.14. The number of rotatable bonds is 3. The molecule has 70 valence electrons. The maximum Gasteiger partial charge on any atom is 0.235 e. The van der Waals surface area contributed by atoms with Crippen LogP contribution in [-0.4, -0.2) is 11.7 Å². The van der Waals surface area contributed by atoms with Gasteiger partial charge in [-0.05, 0) is 0 Å². The highest BCUT2D eigenvalue weighted by atomic mass is 79.9. The maximum absolute atomic E-state index is 8.72. The third kappa shape index (κ3) is 2.84. The van der Waals surface area contributed by atoms with Crippen LogP contribution in [0.5, 0.6) is 0 Å². The predicted octanol–water partition coefficient (Wildman–Crippen LogP) is -2.03. The van der Waals surface area contributed by atoms with Crippen LogP contribution in [0.1, 0.15) is 22.5 Å². The van der Waals surface area contributed by atoms with E-state index in [0.717, 1.165) is 12.8 Å². The van der Waals surface area contributed by atoms with Gasteiger partial charge in [-0.1, -0.05) is 18.3 Å². The van der Waals surface area contributed by atoms with Crippen LogP contribution in [0.3, 0.4) is 0 Å². The maximum atomic E-state index is 8.72. The Balaban J connectivity index is 0.00000121. The fraction of sp³-hybridized carbons (Fsp3) is 0.625. The van der Waals surface area contributed by atoms with Crippen molar-refractivity contribution in [3.8, 4) is 0 Å². The van der Waals surface area contributed by atoms with Crippen LogP contribution in [0, 0.1) is 6.92 Å². The minimum absolute atomic E-state index is 0. The van der Waals surface area contributed by atoms with Gasteiger partial charge < -0.3 is 22.1 Å². The lowest BCUT2D eigenvalue weighted by Crippen LogP contribution is -3.00. The molecule has 4 heteroatoms. The number of aryl methyl sites for hydroxylation is 2. The third-order valence-electron chi connectivity index (χ3n) is 1.65. The first kappa shape index (κ1) is 12.1. The zero-order valence-corrected chi connectivity index (χ0v) is 9.76. The van der Waals surface area contributed by atoms with Crippen molar-refractivity contribution < 1.29 is 27.1 Å². The van der Waals surface area contributed by atoms with Crippen LogP contribution >= 0.6 is 11.3 Å². The van der Waals surface area contributed by atoms with Crippen LogP contribution in [0.15, 0.2) is 0 Å². The molecule has 0 fully saturated rings. The van der Waals surface area contributed by atoms with Crippen LogP contribution in [0.4, 0.5) is 0 Å². The summed E-state index contributed by atoms with van der Waals surface area (Å²) < 4.78 is 0. The molecule has 0 unspecified atom stereocenters. The van der Waals surface area contributed by atoms with Gasteiger partial charge >= 0.3 is 0 Å². The number of aromatic amines is 1. The monoisotopic (exact) mass is 251 g/mol. The molecule has 0 aliphatic rings. The van der Waals surface area contributed by atoms with Crippen molar-refractivity contribution in [1.82, 2.24) is 0 Å². The molecule has 1 aromatic rings. The van der Waals surface area contributed by atoms with E-state index in [1.54, 1.807) is 11.3 Å². The summed E-state index contributed by atoms with van der Waals surface area (Å²) in [5, 5.41) is 10.0. The Kier molecular flexibility index (Phi) is 5.70. The average molecular weight is 252 g/mol.